The van der Waals surface area contributed by atoms with Crippen LogP contribution in [0.15, 0.2) is 35.3 Å². The van der Waals surface area contributed by atoms with Crippen molar-refractivity contribution >= 4 is 0 Å². The number of rotatable bonds is 6. The number of ether oxygens (including phenoxy) is 1. The average molecular weight is 313 g/mol. The van der Waals surface area contributed by atoms with Crippen LogP contribution in [0.25, 0.3) is 11.1 Å². The molecule has 0 atom stereocenters. The number of aromatic nitrogens is 2. The number of H-pyrrole nitrogens is 1. The van der Waals surface area contributed by atoms with Crippen LogP contribution in [0, 0.1) is 6.92 Å². The second-order valence-corrected chi connectivity index (χ2v) is 6.06. The Labute approximate surface area is 136 Å². The molecule has 0 aliphatic carbocycles. The topological polar surface area (TPSA) is 58.2 Å². The highest BCUT2D eigenvalue weighted by Gasteiger charge is 2.10. The maximum atomic E-state index is 11.4. The zero-order valence-electron chi connectivity index (χ0n) is 13.5. The number of likely N-dealkylation sites (tertiary alicyclic amines) is 1. The first-order valence-corrected chi connectivity index (χ1v) is 8.23. The van der Waals surface area contributed by atoms with Crippen molar-refractivity contribution in [1.82, 2.24) is 15.1 Å². The number of hydrogen-bond acceptors (Lipinski definition) is 4. The quantitative estimate of drug-likeness (QED) is 0.833. The molecule has 5 nitrogen and oxygen atoms in total. The van der Waals surface area contributed by atoms with Crippen LogP contribution in [0.4, 0.5) is 0 Å². The van der Waals surface area contributed by atoms with Crippen LogP contribution in [0.2, 0.25) is 0 Å². The fourth-order valence-electron chi connectivity index (χ4n) is 3.06. The Morgan fingerprint density at radius 3 is 2.83 bits per heavy atom. The minimum Gasteiger partial charge on any atom is -0.494 e. The van der Waals surface area contributed by atoms with Gasteiger partial charge in [-0.3, -0.25) is 4.79 Å². The van der Waals surface area contributed by atoms with Crippen molar-refractivity contribution < 1.29 is 4.74 Å². The molecule has 0 saturated carbocycles. The highest BCUT2D eigenvalue weighted by Crippen LogP contribution is 2.25. The molecule has 3 rings (SSSR count). The van der Waals surface area contributed by atoms with Crippen LogP contribution >= 0.6 is 0 Å². The van der Waals surface area contributed by atoms with E-state index in [1.807, 2.05) is 25.1 Å². The van der Waals surface area contributed by atoms with E-state index in [0.717, 1.165) is 42.0 Å². The predicted octanol–water partition coefficient (Wildman–Crippen LogP) is 2.61. The maximum absolute atomic E-state index is 11.4. The molecule has 1 aliphatic heterocycles. The van der Waals surface area contributed by atoms with Gasteiger partial charge < -0.3 is 9.64 Å². The number of aryl methyl sites for hydroxylation is 1. The fourth-order valence-corrected chi connectivity index (χ4v) is 3.06. The Morgan fingerprint density at radius 2 is 2.09 bits per heavy atom. The summed E-state index contributed by atoms with van der Waals surface area (Å²) in [6.07, 6.45) is 5.39. The molecule has 0 spiro atoms. The lowest BCUT2D eigenvalue weighted by molar-refractivity contribution is 0.263. The molecule has 0 bridgehead atoms. The molecule has 0 radical (unpaired) electrons. The summed E-state index contributed by atoms with van der Waals surface area (Å²) in [7, 11) is 0. The summed E-state index contributed by atoms with van der Waals surface area (Å²) in [6.45, 7) is 6.35. The molecule has 1 aliphatic rings. The van der Waals surface area contributed by atoms with Gasteiger partial charge in [-0.05, 0) is 62.5 Å². The third-order valence-corrected chi connectivity index (χ3v) is 4.26. The van der Waals surface area contributed by atoms with Gasteiger partial charge in [-0.15, -0.1) is 0 Å². The molecular weight excluding hydrogens is 290 g/mol. The number of benzene rings is 1. The van der Waals surface area contributed by atoms with Crippen LogP contribution in [0.3, 0.4) is 0 Å². The number of aromatic amines is 1. The van der Waals surface area contributed by atoms with Crippen molar-refractivity contribution in [1.29, 1.82) is 0 Å². The van der Waals surface area contributed by atoms with E-state index in [9.17, 15) is 4.79 Å². The normalized spacial score (nSPS) is 15.0. The second kappa shape index (κ2) is 7.42. The standard InChI is InChI=1S/C18H23N3O2/c1-14-11-16(23-10-4-9-21-7-2-3-8-21)5-6-17(14)15-12-18(22)20-19-13-15/h5-6,11-13H,2-4,7-10H2,1H3,(H,20,22). The molecule has 1 fully saturated rings. The molecular formula is C18H23N3O2. The summed E-state index contributed by atoms with van der Waals surface area (Å²) in [4.78, 5) is 13.9. The minimum atomic E-state index is -0.191. The van der Waals surface area contributed by atoms with Crippen molar-refractivity contribution in [3.05, 3.63) is 46.4 Å². The minimum absolute atomic E-state index is 0.191. The highest BCUT2D eigenvalue weighted by atomic mass is 16.5. The van der Waals surface area contributed by atoms with Gasteiger partial charge in [0.1, 0.15) is 5.75 Å². The monoisotopic (exact) mass is 313 g/mol. The Bertz CT molecular complexity index is 705. The van der Waals surface area contributed by atoms with Crippen LogP contribution < -0.4 is 10.3 Å². The summed E-state index contributed by atoms with van der Waals surface area (Å²) >= 11 is 0. The van der Waals surface area contributed by atoms with E-state index in [4.69, 9.17) is 4.74 Å². The molecule has 1 saturated heterocycles. The lowest BCUT2D eigenvalue weighted by atomic mass is 10.0. The Hall–Kier alpha value is -2.14. The first-order chi connectivity index (χ1) is 11.2. The van der Waals surface area contributed by atoms with Crippen LogP contribution in [-0.4, -0.2) is 41.3 Å². The molecule has 5 heteroatoms. The Morgan fingerprint density at radius 1 is 1.26 bits per heavy atom. The van der Waals surface area contributed by atoms with E-state index < -0.39 is 0 Å². The highest BCUT2D eigenvalue weighted by molar-refractivity contribution is 5.66. The van der Waals surface area contributed by atoms with Gasteiger partial charge in [0.25, 0.3) is 5.56 Å². The number of nitrogens with zero attached hydrogens (tertiary/aromatic N) is 2. The second-order valence-electron chi connectivity index (χ2n) is 6.06. The first kappa shape index (κ1) is 15.7. The maximum Gasteiger partial charge on any atom is 0.264 e. The molecule has 0 unspecified atom stereocenters. The summed E-state index contributed by atoms with van der Waals surface area (Å²) in [5.74, 6) is 0.880. The molecule has 1 aromatic carbocycles. The zero-order valence-corrected chi connectivity index (χ0v) is 13.5. The summed E-state index contributed by atoms with van der Waals surface area (Å²) in [5, 5.41) is 6.24. The molecule has 0 amide bonds. The molecule has 2 aromatic rings. The number of hydrogen-bond donors (Lipinski definition) is 1. The van der Waals surface area contributed by atoms with Crippen molar-refractivity contribution in [2.45, 2.75) is 26.2 Å². The third-order valence-electron chi connectivity index (χ3n) is 4.26. The number of nitrogens with one attached hydrogen (secondary N) is 1. The molecule has 23 heavy (non-hydrogen) atoms. The third kappa shape index (κ3) is 4.20. The average Bonchev–Trinajstić information content (AvgIpc) is 3.05. The molecule has 1 aromatic heterocycles. The summed E-state index contributed by atoms with van der Waals surface area (Å²) in [6, 6.07) is 7.53. The van der Waals surface area contributed by atoms with E-state index in [1.165, 1.54) is 25.9 Å². The van der Waals surface area contributed by atoms with Crippen LogP contribution in [-0.2, 0) is 0 Å². The van der Waals surface area contributed by atoms with Gasteiger partial charge in [-0.2, -0.15) is 5.10 Å². The zero-order chi connectivity index (χ0) is 16.1. The van der Waals surface area contributed by atoms with Gasteiger partial charge in [0.15, 0.2) is 0 Å². The smallest absolute Gasteiger partial charge is 0.264 e. The van der Waals surface area contributed by atoms with E-state index in [0.29, 0.717) is 0 Å². The van der Waals surface area contributed by atoms with Gasteiger partial charge in [0.2, 0.25) is 0 Å². The fraction of sp³-hybridized carbons (Fsp3) is 0.444. The summed E-state index contributed by atoms with van der Waals surface area (Å²) in [5.41, 5.74) is 2.72. The molecule has 1 N–H and O–H groups in total. The lowest BCUT2D eigenvalue weighted by Gasteiger charge is -2.15. The van der Waals surface area contributed by atoms with Gasteiger partial charge in [0, 0.05) is 18.2 Å². The van der Waals surface area contributed by atoms with Crippen molar-refractivity contribution in [3.63, 3.8) is 0 Å². The van der Waals surface area contributed by atoms with Gasteiger partial charge in [-0.25, -0.2) is 5.10 Å². The van der Waals surface area contributed by atoms with Gasteiger partial charge in [-0.1, -0.05) is 6.07 Å². The van der Waals surface area contributed by atoms with Crippen LogP contribution in [0.1, 0.15) is 24.8 Å². The van der Waals surface area contributed by atoms with E-state index in [2.05, 4.69) is 15.1 Å². The van der Waals surface area contributed by atoms with Crippen molar-refractivity contribution in [3.8, 4) is 16.9 Å². The SMILES string of the molecule is Cc1cc(OCCCN2CCCC2)ccc1-c1cn[nH]c(=O)c1. The molecule has 122 valence electrons. The summed E-state index contributed by atoms with van der Waals surface area (Å²) < 4.78 is 5.85. The van der Waals surface area contributed by atoms with E-state index in [-0.39, 0.29) is 5.56 Å². The largest absolute Gasteiger partial charge is 0.494 e. The van der Waals surface area contributed by atoms with Gasteiger partial charge in [0.05, 0.1) is 12.8 Å². The lowest BCUT2D eigenvalue weighted by Crippen LogP contribution is -2.21. The van der Waals surface area contributed by atoms with E-state index in [1.54, 1.807) is 12.3 Å². The Balaban J connectivity index is 1.57. The van der Waals surface area contributed by atoms with Crippen LogP contribution in [0.5, 0.6) is 5.75 Å². The Kier molecular flexibility index (Phi) is 5.08. The first-order valence-electron chi connectivity index (χ1n) is 8.23. The van der Waals surface area contributed by atoms with Crippen molar-refractivity contribution in [2.75, 3.05) is 26.2 Å². The van der Waals surface area contributed by atoms with E-state index >= 15 is 0 Å². The molecule has 2 heterocycles. The van der Waals surface area contributed by atoms with Crippen molar-refractivity contribution in [2.24, 2.45) is 0 Å². The van der Waals surface area contributed by atoms with Gasteiger partial charge >= 0.3 is 0 Å². The predicted molar refractivity (Wildman–Crippen MR) is 90.8 cm³/mol.